The summed E-state index contributed by atoms with van der Waals surface area (Å²) in [7, 11) is -0.729. The molecule has 1 aliphatic rings. The van der Waals surface area contributed by atoms with E-state index in [2.05, 4.69) is 4.90 Å². The van der Waals surface area contributed by atoms with E-state index in [1.54, 1.807) is 17.8 Å². The molecule has 0 radical (unpaired) electrons. The Hall–Kier alpha value is -2.99. The smallest absolute Gasteiger partial charge is 0.243 e. The molecule has 1 aliphatic heterocycles. The zero-order valence-corrected chi connectivity index (χ0v) is 23.3. The number of hydrogen-bond donors (Lipinski definition) is 0. The standard InChI is InChI=1S/C27H32N2O7S2/c1-33-25-10-9-23(16-26(25)34-2)38(31,32)29-12-4-11-28(13-14-29)17-21-15-24(30)27(19-35-21)36-18-20-5-7-22(37-3)8-6-20/h5-10,15-16,19H,4,11-14,17-18H2,1-3H3. The lowest BCUT2D eigenvalue weighted by atomic mass is 10.2. The van der Waals surface area contributed by atoms with Gasteiger partial charge in [0.25, 0.3) is 0 Å². The van der Waals surface area contributed by atoms with Crippen molar-refractivity contribution in [2.75, 3.05) is 46.7 Å². The molecule has 4 rings (SSSR count). The van der Waals surface area contributed by atoms with E-state index >= 15 is 0 Å². The summed E-state index contributed by atoms with van der Waals surface area (Å²) in [6.07, 6.45) is 4.01. The molecule has 2 aromatic carbocycles. The van der Waals surface area contributed by atoms with Gasteiger partial charge in [-0.2, -0.15) is 4.31 Å². The van der Waals surface area contributed by atoms with Crippen LogP contribution in [0.4, 0.5) is 0 Å². The first kappa shape index (κ1) is 28.0. The van der Waals surface area contributed by atoms with Crippen molar-refractivity contribution in [2.24, 2.45) is 0 Å². The first-order valence-electron chi connectivity index (χ1n) is 12.2. The average molecular weight is 561 g/mol. The highest BCUT2D eigenvalue weighted by Gasteiger charge is 2.28. The summed E-state index contributed by atoms with van der Waals surface area (Å²) in [5.74, 6) is 1.49. The van der Waals surface area contributed by atoms with Gasteiger partial charge in [0, 0.05) is 36.7 Å². The maximum Gasteiger partial charge on any atom is 0.243 e. The van der Waals surface area contributed by atoms with Crippen molar-refractivity contribution in [1.29, 1.82) is 0 Å². The number of thioether (sulfide) groups is 1. The number of rotatable bonds is 10. The molecule has 0 N–H and O–H groups in total. The summed E-state index contributed by atoms with van der Waals surface area (Å²) >= 11 is 1.66. The molecule has 0 amide bonds. The first-order valence-corrected chi connectivity index (χ1v) is 14.8. The second-order valence-corrected chi connectivity index (χ2v) is 11.6. The Kier molecular flexibility index (Phi) is 9.37. The molecule has 0 spiro atoms. The molecule has 204 valence electrons. The van der Waals surface area contributed by atoms with Crippen LogP contribution in [0.5, 0.6) is 17.2 Å². The van der Waals surface area contributed by atoms with Crippen molar-refractivity contribution in [1.82, 2.24) is 9.21 Å². The number of methoxy groups -OCH3 is 2. The van der Waals surface area contributed by atoms with Crippen molar-refractivity contribution in [2.45, 2.75) is 29.4 Å². The van der Waals surface area contributed by atoms with Crippen LogP contribution in [0.3, 0.4) is 0 Å². The van der Waals surface area contributed by atoms with Gasteiger partial charge < -0.3 is 18.6 Å². The van der Waals surface area contributed by atoms with E-state index in [0.29, 0.717) is 56.4 Å². The average Bonchev–Trinajstić information content (AvgIpc) is 3.18. The second-order valence-electron chi connectivity index (χ2n) is 8.76. The molecule has 0 unspecified atom stereocenters. The molecule has 1 saturated heterocycles. The SMILES string of the molecule is COc1ccc(S(=O)(=O)N2CCCN(Cc3cc(=O)c(OCc4ccc(SC)cc4)co3)CC2)cc1OC. The maximum absolute atomic E-state index is 13.3. The van der Waals surface area contributed by atoms with Crippen LogP contribution < -0.4 is 19.6 Å². The van der Waals surface area contributed by atoms with Crippen molar-refractivity contribution < 1.29 is 27.0 Å². The predicted octanol–water partition coefficient (Wildman–Crippen LogP) is 3.85. The van der Waals surface area contributed by atoms with E-state index in [1.165, 1.54) is 43.0 Å². The Morgan fingerprint density at radius 2 is 1.68 bits per heavy atom. The number of ether oxygens (including phenoxy) is 3. The molecular weight excluding hydrogens is 528 g/mol. The lowest BCUT2D eigenvalue weighted by molar-refractivity contribution is 0.245. The highest BCUT2D eigenvalue weighted by atomic mass is 32.2. The zero-order valence-electron chi connectivity index (χ0n) is 21.7. The maximum atomic E-state index is 13.3. The molecule has 2 heterocycles. The van der Waals surface area contributed by atoms with Crippen LogP contribution in [-0.4, -0.2) is 64.3 Å². The molecule has 1 aromatic heterocycles. The lowest BCUT2D eigenvalue weighted by Gasteiger charge is -2.22. The Balaban J connectivity index is 1.36. The monoisotopic (exact) mass is 560 g/mol. The van der Waals surface area contributed by atoms with Gasteiger partial charge in [0.1, 0.15) is 18.6 Å². The third kappa shape index (κ3) is 6.71. The number of benzene rings is 2. The quantitative estimate of drug-likeness (QED) is 0.342. The minimum absolute atomic E-state index is 0.158. The number of hydrogen-bond acceptors (Lipinski definition) is 9. The van der Waals surface area contributed by atoms with E-state index < -0.39 is 10.0 Å². The van der Waals surface area contributed by atoms with Gasteiger partial charge in [0.15, 0.2) is 11.5 Å². The molecule has 3 aromatic rings. The van der Waals surface area contributed by atoms with Gasteiger partial charge in [-0.05, 0) is 49.1 Å². The second kappa shape index (κ2) is 12.7. The Morgan fingerprint density at radius 1 is 0.921 bits per heavy atom. The summed E-state index contributed by atoms with van der Waals surface area (Å²) in [6.45, 7) is 2.55. The van der Waals surface area contributed by atoms with Crippen LogP contribution in [0.1, 0.15) is 17.7 Å². The van der Waals surface area contributed by atoms with Crippen LogP contribution in [0.2, 0.25) is 0 Å². The van der Waals surface area contributed by atoms with E-state index in [0.717, 1.165) is 10.5 Å². The molecule has 9 nitrogen and oxygen atoms in total. The normalized spacial score (nSPS) is 15.1. The third-order valence-electron chi connectivity index (χ3n) is 6.33. The highest BCUT2D eigenvalue weighted by Crippen LogP contribution is 2.31. The van der Waals surface area contributed by atoms with Gasteiger partial charge in [-0.25, -0.2) is 8.42 Å². The molecule has 11 heteroatoms. The fraction of sp³-hybridized carbons (Fsp3) is 0.370. The minimum atomic E-state index is -3.70. The molecule has 0 bridgehead atoms. The Morgan fingerprint density at radius 3 is 2.37 bits per heavy atom. The van der Waals surface area contributed by atoms with Crippen LogP contribution in [0.25, 0.3) is 0 Å². The third-order valence-corrected chi connectivity index (χ3v) is 8.96. The van der Waals surface area contributed by atoms with Crippen molar-refractivity contribution in [3.8, 4) is 17.2 Å². The van der Waals surface area contributed by atoms with Gasteiger partial charge in [-0.3, -0.25) is 9.69 Å². The Labute approximate surface area is 227 Å². The van der Waals surface area contributed by atoms with Crippen LogP contribution in [0.15, 0.2) is 73.8 Å². The largest absolute Gasteiger partial charge is 0.493 e. The summed E-state index contributed by atoms with van der Waals surface area (Å²) in [6, 6.07) is 14.0. The summed E-state index contributed by atoms with van der Waals surface area (Å²) in [4.78, 5) is 16.0. The zero-order chi connectivity index (χ0) is 27.1. The van der Waals surface area contributed by atoms with E-state index in [9.17, 15) is 13.2 Å². The molecular formula is C27H32N2O7S2. The first-order chi connectivity index (χ1) is 18.3. The number of sulfonamides is 1. The van der Waals surface area contributed by atoms with Gasteiger partial charge in [-0.1, -0.05) is 12.1 Å². The van der Waals surface area contributed by atoms with Gasteiger partial charge in [0.05, 0.1) is 25.7 Å². The van der Waals surface area contributed by atoms with Crippen LogP contribution in [0, 0.1) is 0 Å². The predicted molar refractivity (Wildman–Crippen MR) is 146 cm³/mol. The van der Waals surface area contributed by atoms with Gasteiger partial charge in [-0.15, -0.1) is 11.8 Å². The topological polar surface area (TPSA) is 98.5 Å². The van der Waals surface area contributed by atoms with Crippen molar-refractivity contribution in [3.63, 3.8) is 0 Å². The van der Waals surface area contributed by atoms with E-state index in [4.69, 9.17) is 18.6 Å². The fourth-order valence-electron chi connectivity index (χ4n) is 4.20. The lowest BCUT2D eigenvalue weighted by Crippen LogP contribution is -2.35. The van der Waals surface area contributed by atoms with E-state index in [1.807, 2.05) is 30.5 Å². The summed E-state index contributed by atoms with van der Waals surface area (Å²) in [5, 5.41) is 0. The van der Waals surface area contributed by atoms with Crippen molar-refractivity contribution >= 4 is 21.8 Å². The van der Waals surface area contributed by atoms with E-state index in [-0.39, 0.29) is 22.7 Å². The van der Waals surface area contributed by atoms with Crippen molar-refractivity contribution in [3.05, 3.63) is 76.3 Å². The van der Waals surface area contributed by atoms with Crippen LogP contribution in [-0.2, 0) is 23.2 Å². The fourth-order valence-corrected chi connectivity index (χ4v) is 6.10. The molecule has 0 atom stereocenters. The van der Waals surface area contributed by atoms with Crippen LogP contribution >= 0.6 is 11.8 Å². The highest BCUT2D eigenvalue weighted by molar-refractivity contribution is 7.98. The minimum Gasteiger partial charge on any atom is -0.493 e. The molecule has 0 saturated carbocycles. The summed E-state index contributed by atoms with van der Waals surface area (Å²) < 4.78 is 49.9. The Bertz CT molecular complexity index is 1390. The van der Waals surface area contributed by atoms with Gasteiger partial charge in [0.2, 0.25) is 21.2 Å². The van der Waals surface area contributed by atoms with Gasteiger partial charge >= 0.3 is 0 Å². The molecule has 1 fully saturated rings. The summed E-state index contributed by atoms with van der Waals surface area (Å²) in [5.41, 5.74) is 0.711. The number of nitrogens with zero attached hydrogens (tertiary/aromatic N) is 2. The molecule has 38 heavy (non-hydrogen) atoms. The molecule has 0 aliphatic carbocycles.